The number of rotatable bonds is 8. The fourth-order valence-corrected chi connectivity index (χ4v) is 4.34. The van der Waals surface area contributed by atoms with E-state index in [1.807, 2.05) is 0 Å². The summed E-state index contributed by atoms with van der Waals surface area (Å²) in [4.78, 5) is 31.2. The number of nitrogens with one attached hydrogen (secondary N) is 1. The number of cyclic esters (lactones) is 1. The Labute approximate surface area is 206 Å². The van der Waals surface area contributed by atoms with E-state index in [1.165, 1.54) is 36.5 Å². The number of halogens is 1. The first-order chi connectivity index (χ1) is 17.4. The van der Waals surface area contributed by atoms with E-state index in [0.717, 1.165) is 19.3 Å². The maximum Gasteiger partial charge on any atom is 0.415 e. The van der Waals surface area contributed by atoms with Gasteiger partial charge in [0.25, 0.3) is 0 Å². The van der Waals surface area contributed by atoms with Gasteiger partial charge in [-0.25, -0.2) is 19.2 Å². The van der Waals surface area contributed by atoms with Crippen LogP contribution < -0.4 is 20.7 Å². The van der Waals surface area contributed by atoms with Crippen molar-refractivity contribution in [3.63, 3.8) is 0 Å². The van der Waals surface area contributed by atoms with E-state index in [1.54, 1.807) is 11.5 Å². The highest BCUT2D eigenvalue weighted by Crippen LogP contribution is 2.40. The molecule has 1 aliphatic heterocycles. The maximum atomic E-state index is 14.7. The van der Waals surface area contributed by atoms with Crippen molar-refractivity contribution in [3.8, 4) is 11.8 Å². The SMILES string of the molecule is CCCC(N)CCNc1nc(Oc2cnc(C)nc2)nc2c1c1cc(F)cc3c1n2COC(=O)N3C. The molecule has 0 fully saturated rings. The van der Waals surface area contributed by atoms with Crippen LogP contribution in [0.2, 0.25) is 0 Å². The highest BCUT2D eigenvalue weighted by atomic mass is 19.1. The molecule has 0 bridgehead atoms. The molecule has 0 spiro atoms. The van der Waals surface area contributed by atoms with E-state index in [0.29, 0.717) is 51.6 Å². The summed E-state index contributed by atoms with van der Waals surface area (Å²) in [6, 6.07) is 2.80. The van der Waals surface area contributed by atoms with Gasteiger partial charge < -0.3 is 20.5 Å². The second kappa shape index (κ2) is 9.53. The third kappa shape index (κ3) is 4.35. The Hall–Kier alpha value is -4.06. The molecule has 1 atom stereocenters. The minimum absolute atomic E-state index is 0.0420. The molecule has 4 heterocycles. The normalized spacial score (nSPS) is 14.1. The number of hydrogen-bond donors (Lipinski definition) is 2. The van der Waals surface area contributed by atoms with Crippen LogP contribution in [0.3, 0.4) is 0 Å². The Morgan fingerprint density at radius 3 is 2.78 bits per heavy atom. The van der Waals surface area contributed by atoms with E-state index in [4.69, 9.17) is 15.2 Å². The van der Waals surface area contributed by atoms with Crippen LogP contribution in [-0.2, 0) is 11.5 Å². The van der Waals surface area contributed by atoms with Gasteiger partial charge in [0, 0.05) is 25.0 Å². The number of ether oxygens (including phenoxy) is 2. The number of anilines is 2. The second-order valence-electron chi connectivity index (χ2n) is 8.73. The molecule has 3 aromatic heterocycles. The van der Waals surface area contributed by atoms with Crippen LogP contribution in [-0.4, -0.2) is 50.2 Å². The van der Waals surface area contributed by atoms with Crippen LogP contribution in [0.1, 0.15) is 32.0 Å². The molecule has 0 saturated heterocycles. The predicted octanol–water partition coefficient (Wildman–Crippen LogP) is 4.09. The topological polar surface area (TPSA) is 133 Å². The van der Waals surface area contributed by atoms with Crippen LogP contribution >= 0.6 is 0 Å². The summed E-state index contributed by atoms with van der Waals surface area (Å²) in [7, 11) is 1.54. The van der Waals surface area contributed by atoms with Crippen molar-refractivity contribution in [2.24, 2.45) is 5.73 Å². The monoisotopic (exact) mass is 494 g/mol. The van der Waals surface area contributed by atoms with Crippen LogP contribution in [0, 0.1) is 12.7 Å². The lowest BCUT2D eigenvalue weighted by atomic mass is 10.1. The van der Waals surface area contributed by atoms with Crippen molar-refractivity contribution < 1.29 is 18.7 Å². The smallest absolute Gasteiger partial charge is 0.415 e. The maximum absolute atomic E-state index is 14.7. The summed E-state index contributed by atoms with van der Waals surface area (Å²) in [6.07, 6.45) is 5.09. The lowest BCUT2D eigenvalue weighted by molar-refractivity contribution is 0.128. The minimum Gasteiger partial charge on any atom is -0.427 e. The number of carbonyl (C=O) groups is 1. The van der Waals surface area contributed by atoms with E-state index in [2.05, 4.69) is 32.2 Å². The number of fused-ring (bicyclic) bond motifs is 3. The fraction of sp³-hybridized carbons (Fsp3) is 0.375. The molecule has 12 heteroatoms. The molecular formula is C24H27FN8O3. The van der Waals surface area contributed by atoms with Gasteiger partial charge in [-0.15, -0.1) is 0 Å². The third-order valence-electron chi connectivity index (χ3n) is 6.10. The first kappa shape index (κ1) is 23.7. The number of amides is 1. The fourth-order valence-electron chi connectivity index (χ4n) is 4.34. The van der Waals surface area contributed by atoms with Gasteiger partial charge in [-0.1, -0.05) is 13.3 Å². The number of aryl methyl sites for hydroxylation is 1. The Morgan fingerprint density at radius 2 is 2.03 bits per heavy atom. The highest BCUT2D eigenvalue weighted by Gasteiger charge is 2.28. The van der Waals surface area contributed by atoms with Crippen molar-refractivity contribution in [1.82, 2.24) is 24.5 Å². The summed E-state index contributed by atoms with van der Waals surface area (Å²) >= 11 is 0. The third-order valence-corrected chi connectivity index (χ3v) is 6.10. The first-order valence-electron chi connectivity index (χ1n) is 11.8. The Bertz CT molecular complexity index is 1440. The molecular weight excluding hydrogens is 467 g/mol. The van der Waals surface area contributed by atoms with Gasteiger partial charge in [0.05, 0.1) is 29.0 Å². The van der Waals surface area contributed by atoms with E-state index in [9.17, 15) is 9.18 Å². The average molecular weight is 495 g/mol. The molecule has 1 unspecified atom stereocenters. The molecule has 1 aliphatic rings. The first-order valence-corrected chi connectivity index (χ1v) is 11.8. The van der Waals surface area contributed by atoms with E-state index < -0.39 is 11.9 Å². The van der Waals surface area contributed by atoms with Crippen LogP contribution in [0.5, 0.6) is 11.8 Å². The number of nitrogens with two attached hydrogens (primary N) is 1. The lowest BCUT2D eigenvalue weighted by Crippen LogP contribution is -2.25. The number of nitrogens with zero attached hydrogens (tertiary/aromatic N) is 6. The Kier molecular flexibility index (Phi) is 6.27. The van der Waals surface area contributed by atoms with Crippen LogP contribution in [0.4, 0.5) is 20.7 Å². The van der Waals surface area contributed by atoms with Gasteiger partial charge >= 0.3 is 12.1 Å². The molecule has 188 valence electrons. The standard InChI is InChI=1S/C24H27FN8O3/c1-4-5-15(26)6-7-27-21-19-17-8-14(25)9-18-20(17)33(12-35-24(34)32(18)3)22(19)31-23(30-21)36-16-10-28-13(2)29-11-16/h8-11,15H,4-7,12,26H2,1-3H3,(H,27,30,31). The van der Waals surface area contributed by atoms with Crippen molar-refractivity contribution in [2.45, 2.75) is 45.9 Å². The number of benzene rings is 1. The molecule has 0 radical (unpaired) electrons. The van der Waals surface area contributed by atoms with Gasteiger partial charge in [0.2, 0.25) is 0 Å². The molecule has 1 aromatic carbocycles. The predicted molar refractivity (Wildman–Crippen MR) is 133 cm³/mol. The van der Waals surface area contributed by atoms with E-state index >= 15 is 0 Å². The van der Waals surface area contributed by atoms with Crippen molar-refractivity contribution in [3.05, 3.63) is 36.2 Å². The van der Waals surface area contributed by atoms with Gasteiger partial charge in [0.15, 0.2) is 18.1 Å². The largest absolute Gasteiger partial charge is 0.427 e. The molecule has 3 N–H and O–H groups in total. The number of hydrogen-bond acceptors (Lipinski definition) is 9. The zero-order valence-electron chi connectivity index (χ0n) is 20.3. The molecule has 5 rings (SSSR count). The van der Waals surface area contributed by atoms with Gasteiger partial charge in [0.1, 0.15) is 17.5 Å². The number of aromatic nitrogens is 5. The average Bonchev–Trinajstić information content (AvgIpc) is 3.09. The molecule has 0 saturated carbocycles. The second-order valence-corrected chi connectivity index (χ2v) is 8.73. The minimum atomic E-state index is -0.593. The zero-order valence-corrected chi connectivity index (χ0v) is 20.3. The summed E-state index contributed by atoms with van der Waals surface area (Å²) < 4.78 is 27.8. The Balaban J connectivity index is 1.67. The highest BCUT2D eigenvalue weighted by molar-refractivity contribution is 6.17. The van der Waals surface area contributed by atoms with Crippen LogP contribution in [0.15, 0.2) is 24.5 Å². The van der Waals surface area contributed by atoms with Gasteiger partial charge in [-0.3, -0.25) is 9.47 Å². The van der Waals surface area contributed by atoms with Crippen molar-refractivity contribution in [2.75, 3.05) is 23.8 Å². The van der Waals surface area contributed by atoms with E-state index in [-0.39, 0.29) is 18.8 Å². The molecule has 36 heavy (non-hydrogen) atoms. The van der Waals surface area contributed by atoms with Gasteiger partial charge in [-0.05, 0) is 31.9 Å². The number of carbonyl (C=O) groups excluding carboxylic acids is 1. The molecule has 1 amide bonds. The summed E-state index contributed by atoms with van der Waals surface area (Å²) in [6.45, 7) is 4.30. The summed E-state index contributed by atoms with van der Waals surface area (Å²) in [5.41, 5.74) is 7.60. The lowest BCUT2D eigenvalue weighted by Gasteiger charge is -2.15. The summed E-state index contributed by atoms with van der Waals surface area (Å²) in [5.74, 6) is 0.928. The molecule has 0 aliphatic carbocycles. The van der Waals surface area contributed by atoms with Crippen molar-refractivity contribution in [1.29, 1.82) is 0 Å². The zero-order chi connectivity index (χ0) is 25.4. The summed E-state index contributed by atoms with van der Waals surface area (Å²) in [5, 5.41) is 4.48. The molecule has 4 aromatic rings. The molecule has 11 nitrogen and oxygen atoms in total. The van der Waals surface area contributed by atoms with Crippen LogP contribution in [0.25, 0.3) is 21.9 Å². The van der Waals surface area contributed by atoms with Crippen molar-refractivity contribution >= 4 is 39.5 Å². The quantitative estimate of drug-likeness (QED) is 0.371. The Morgan fingerprint density at radius 1 is 1.25 bits per heavy atom. The van der Waals surface area contributed by atoms with Gasteiger partial charge in [-0.2, -0.15) is 9.97 Å².